The number of alkyl halides is 3. The van der Waals surface area contributed by atoms with Gasteiger partial charge in [0.25, 0.3) is 0 Å². The molecule has 0 bridgehead atoms. The van der Waals surface area contributed by atoms with Crippen LogP contribution in [0.4, 0.5) is 13.2 Å². The molecule has 0 N–H and O–H groups in total. The zero-order valence-corrected chi connectivity index (χ0v) is 10.6. The number of hydrogen-bond acceptors (Lipinski definition) is 2. The Morgan fingerprint density at radius 1 is 1.18 bits per heavy atom. The summed E-state index contributed by atoms with van der Waals surface area (Å²) in [6, 6.07) is 0. The van der Waals surface area contributed by atoms with Gasteiger partial charge in [0.05, 0.1) is 5.69 Å². The van der Waals surface area contributed by atoms with Crippen LogP contribution in [0.25, 0.3) is 0 Å². The number of aryl methyl sites for hydroxylation is 1. The van der Waals surface area contributed by atoms with Gasteiger partial charge in [-0.15, -0.1) is 5.10 Å². The van der Waals surface area contributed by atoms with Crippen LogP contribution in [0.1, 0.15) is 51.9 Å². The molecule has 0 aromatic carbocycles. The summed E-state index contributed by atoms with van der Waals surface area (Å²) in [5.41, 5.74) is -1.32. The van der Waals surface area contributed by atoms with E-state index in [0.717, 1.165) is 12.8 Å². The quantitative estimate of drug-likeness (QED) is 0.822. The summed E-state index contributed by atoms with van der Waals surface area (Å²) >= 11 is 0. The van der Waals surface area contributed by atoms with Crippen molar-refractivity contribution in [2.75, 3.05) is 0 Å². The Labute approximate surface area is 99.0 Å². The van der Waals surface area contributed by atoms with Crippen LogP contribution < -0.4 is 0 Å². The van der Waals surface area contributed by atoms with Gasteiger partial charge >= 0.3 is 6.18 Å². The first-order chi connectivity index (χ1) is 7.68. The zero-order valence-electron chi connectivity index (χ0n) is 10.6. The third-order valence-electron chi connectivity index (χ3n) is 2.44. The highest BCUT2D eigenvalue weighted by Gasteiger charge is 2.41. The highest BCUT2D eigenvalue weighted by molar-refractivity contribution is 5.21. The van der Waals surface area contributed by atoms with Crippen molar-refractivity contribution in [2.24, 2.45) is 0 Å². The summed E-state index contributed by atoms with van der Waals surface area (Å²) in [7, 11) is 0. The fourth-order valence-corrected chi connectivity index (χ4v) is 1.71. The van der Waals surface area contributed by atoms with Gasteiger partial charge in [0.15, 0.2) is 5.69 Å². The molecule has 0 amide bonds. The molecule has 6 heteroatoms. The van der Waals surface area contributed by atoms with Crippen LogP contribution in [-0.4, -0.2) is 15.0 Å². The van der Waals surface area contributed by atoms with Gasteiger partial charge in [-0.3, -0.25) is 0 Å². The average molecular weight is 249 g/mol. The monoisotopic (exact) mass is 249 g/mol. The van der Waals surface area contributed by atoms with E-state index in [9.17, 15) is 13.2 Å². The van der Waals surface area contributed by atoms with Crippen molar-refractivity contribution in [2.45, 2.75) is 58.7 Å². The number of rotatable bonds is 3. The summed E-state index contributed by atoms with van der Waals surface area (Å²) in [5, 5.41) is 6.93. The number of aromatic nitrogens is 3. The average Bonchev–Trinajstić information content (AvgIpc) is 2.56. The van der Waals surface area contributed by atoms with Gasteiger partial charge in [-0.25, -0.2) is 4.68 Å². The molecular weight excluding hydrogens is 231 g/mol. The van der Waals surface area contributed by atoms with Crippen molar-refractivity contribution in [3.05, 3.63) is 11.4 Å². The molecule has 0 atom stereocenters. The van der Waals surface area contributed by atoms with Gasteiger partial charge in [-0.05, 0) is 6.42 Å². The second-order valence-corrected chi connectivity index (χ2v) is 5.11. The second-order valence-electron chi connectivity index (χ2n) is 5.11. The maximum absolute atomic E-state index is 12.8. The Morgan fingerprint density at radius 3 is 2.18 bits per heavy atom. The summed E-state index contributed by atoms with van der Waals surface area (Å²) in [6.45, 7) is 7.68. The maximum atomic E-state index is 12.8. The number of hydrogen-bond donors (Lipinski definition) is 0. The third kappa shape index (κ3) is 3.20. The van der Waals surface area contributed by atoms with Crippen molar-refractivity contribution in [3.63, 3.8) is 0 Å². The maximum Gasteiger partial charge on any atom is 0.437 e. The highest BCUT2D eigenvalue weighted by Crippen LogP contribution is 2.35. The van der Waals surface area contributed by atoms with Crippen molar-refractivity contribution in [1.82, 2.24) is 15.0 Å². The minimum Gasteiger partial charge on any atom is -0.248 e. The van der Waals surface area contributed by atoms with E-state index in [4.69, 9.17) is 0 Å². The summed E-state index contributed by atoms with van der Waals surface area (Å²) < 4.78 is 39.8. The molecule has 98 valence electrons. The van der Waals surface area contributed by atoms with Crippen LogP contribution in [0.5, 0.6) is 0 Å². The molecule has 0 unspecified atom stereocenters. The normalized spacial score (nSPS) is 13.1. The third-order valence-corrected chi connectivity index (χ3v) is 2.44. The van der Waals surface area contributed by atoms with E-state index in [0.29, 0.717) is 6.54 Å². The highest BCUT2D eigenvalue weighted by atomic mass is 19.4. The van der Waals surface area contributed by atoms with Crippen molar-refractivity contribution in [1.29, 1.82) is 0 Å². The number of unbranched alkanes of at least 4 members (excludes halogenated alkanes) is 1. The molecule has 0 aliphatic heterocycles. The van der Waals surface area contributed by atoms with Crippen LogP contribution >= 0.6 is 0 Å². The van der Waals surface area contributed by atoms with Gasteiger partial charge < -0.3 is 0 Å². The van der Waals surface area contributed by atoms with Crippen molar-refractivity contribution < 1.29 is 13.2 Å². The number of halogens is 3. The van der Waals surface area contributed by atoms with Crippen LogP contribution in [0.2, 0.25) is 0 Å². The van der Waals surface area contributed by atoms with Gasteiger partial charge in [-0.1, -0.05) is 39.3 Å². The van der Waals surface area contributed by atoms with E-state index in [1.54, 1.807) is 20.8 Å². The minimum atomic E-state index is -4.44. The molecule has 1 rings (SSSR count). The second kappa shape index (κ2) is 4.66. The predicted octanol–water partition coefficient (Wildman–Crippen LogP) is 3.39. The largest absolute Gasteiger partial charge is 0.437 e. The van der Waals surface area contributed by atoms with E-state index in [1.165, 1.54) is 4.68 Å². The van der Waals surface area contributed by atoms with Crippen LogP contribution in [0.15, 0.2) is 0 Å². The Morgan fingerprint density at radius 2 is 1.76 bits per heavy atom. The van der Waals surface area contributed by atoms with E-state index in [1.807, 2.05) is 6.92 Å². The summed E-state index contributed by atoms with van der Waals surface area (Å²) in [6.07, 6.45) is -2.73. The molecule has 1 aromatic heterocycles. The van der Waals surface area contributed by atoms with Gasteiger partial charge in [0.2, 0.25) is 0 Å². The van der Waals surface area contributed by atoms with Crippen molar-refractivity contribution >= 4 is 0 Å². The molecule has 0 saturated heterocycles. The van der Waals surface area contributed by atoms with Crippen LogP contribution in [-0.2, 0) is 18.1 Å². The molecular formula is C11H18F3N3. The predicted molar refractivity (Wildman–Crippen MR) is 58.6 cm³/mol. The fourth-order valence-electron chi connectivity index (χ4n) is 1.71. The Kier molecular flexibility index (Phi) is 3.84. The first-order valence-electron chi connectivity index (χ1n) is 5.69. The SMILES string of the molecule is CCCCn1nnc(C(F)(F)F)c1C(C)(C)C. The molecule has 17 heavy (non-hydrogen) atoms. The summed E-state index contributed by atoms with van der Waals surface area (Å²) in [5.74, 6) is 0. The molecule has 0 aliphatic carbocycles. The fraction of sp³-hybridized carbons (Fsp3) is 0.818. The lowest BCUT2D eigenvalue weighted by Gasteiger charge is -2.21. The van der Waals surface area contributed by atoms with Crippen LogP contribution in [0, 0.1) is 0 Å². The van der Waals surface area contributed by atoms with E-state index in [2.05, 4.69) is 10.3 Å². The molecule has 3 nitrogen and oxygen atoms in total. The first-order valence-corrected chi connectivity index (χ1v) is 5.69. The zero-order chi connectivity index (χ0) is 13.3. The minimum absolute atomic E-state index is 0.165. The van der Waals surface area contributed by atoms with E-state index < -0.39 is 17.3 Å². The lowest BCUT2D eigenvalue weighted by Crippen LogP contribution is -2.23. The molecule has 0 spiro atoms. The molecule has 0 fully saturated rings. The molecule has 1 heterocycles. The lowest BCUT2D eigenvalue weighted by atomic mass is 9.90. The Bertz CT molecular complexity index is 374. The Hall–Kier alpha value is -1.07. The molecule has 0 aliphatic rings. The van der Waals surface area contributed by atoms with Gasteiger partial charge in [0.1, 0.15) is 0 Å². The molecule has 0 saturated carbocycles. The lowest BCUT2D eigenvalue weighted by molar-refractivity contribution is -0.142. The van der Waals surface area contributed by atoms with Gasteiger partial charge in [0, 0.05) is 12.0 Å². The Balaban J connectivity index is 3.21. The van der Waals surface area contributed by atoms with Gasteiger partial charge in [-0.2, -0.15) is 13.2 Å². The molecule has 1 aromatic rings. The van der Waals surface area contributed by atoms with Crippen molar-refractivity contribution in [3.8, 4) is 0 Å². The van der Waals surface area contributed by atoms with E-state index >= 15 is 0 Å². The summed E-state index contributed by atoms with van der Waals surface area (Å²) in [4.78, 5) is 0. The smallest absolute Gasteiger partial charge is 0.248 e. The van der Waals surface area contributed by atoms with E-state index in [-0.39, 0.29) is 5.69 Å². The first kappa shape index (κ1) is 14.0. The number of nitrogens with zero attached hydrogens (tertiary/aromatic N) is 3. The van der Waals surface area contributed by atoms with Crippen LogP contribution in [0.3, 0.4) is 0 Å². The molecule has 0 radical (unpaired) electrons. The standard InChI is InChI=1S/C11H18F3N3/c1-5-6-7-17-9(10(2,3)4)8(15-16-17)11(12,13)14/h5-7H2,1-4H3. The topological polar surface area (TPSA) is 30.7 Å².